The zero-order chi connectivity index (χ0) is 22.8. The molecular weight excluding hydrogens is 550 g/mol. The molecule has 7 heteroatoms. The summed E-state index contributed by atoms with van der Waals surface area (Å²) in [5.41, 5.74) is 1.81. The minimum absolute atomic E-state index is 0. The number of ether oxygens (including phenoxy) is 4. The van der Waals surface area contributed by atoms with Gasteiger partial charge in [-0.05, 0) is 61.0 Å². The monoisotopic (exact) mass is 589 g/mol. The molecule has 0 N–H and O–H groups in total. The molecule has 0 amide bonds. The minimum Gasteiger partial charge on any atom is -1.00 e. The number of hydrogen-bond acceptors (Lipinski definition) is 4. The molecule has 33 heavy (non-hydrogen) atoms. The molecule has 4 fully saturated rings. The van der Waals surface area contributed by atoms with Gasteiger partial charge in [0.1, 0.15) is 26.2 Å². The number of fused-ring (bicyclic) bond motifs is 2. The molecule has 0 aromatic heterocycles. The summed E-state index contributed by atoms with van der Waals surface area (Å²) in [7, 11) is 3.37. The minimum atomic E-state index is 0. The Morgan fingerprint density at radius 1 is 1.06 bits per heavy atom. The quantitative estimate of drug-likeness (QED) is 0.310. The van der Waals surface area contributed by atoms with Crippen LogP contribution in [-0.2, 0) is 16.0 Å². The summed E-state index contributed by atoms with van der Waals surface area (Å²) in [4.78, 5) is 0. The van der Waals surface area contributed by atoms with E-state index in [0.29, 0.717) is 5.41 Å². The maximum Gasteiger partial charge on any atom is 0.161 e. The van der Waals surface area contributed by atoms with Gasteiger partial charge in [0, 0.05) is 16.6 Å². The average molecular weight is 591 g/mol. The predicted octanol–water partition coefficient (Wildman–Crippen LogP) is 2.30. The SMILES string of the molecule is COc1cc(Br)c(C[N+]2(CCOCCC3CC[C@H]4C[C@H]3C4(C)C)CCOCC2)cc1OC.[Br-]. The van der Waals surface area contributed by atoms with Crippen LogP contribution in [0.4, 0.5) is 0 Å². The van der Waals surface area contributed by atoms with Crippen molar-refractivity contribution in [1.29, 1.82) is 0 Å². The average Bonchev–Trinajstić information content (AvgIpc) is 2.80. The molecule has 4 aliphatic rings. The fourth-order valence-corrected chi connectivity index (χ4v) is 6.92. The van der Waals surface area contributed by atoms with Crippen LogP contribution in [0, 0.1) is 23.2 Å². The highest BCUT2D eigenvalue weighted by Gasteiger charge is 2.53. The van der Waals surface area contributed by atoms with E-state index in [2.05, 4.69) is 35.8 Å². The molecule has 1 aromatic carbocycles. The lowest BCUT2D eigenvalue weighted by Crippen LogP contribution is -3.00. The van der Waals surface area contributed by atoms with Gasteiger partial charge in [0.15, 0.2) is 11.5 Å². The number of morpholine rings is 1. The first-order valence-corrected chi connectivity index (χ1v) is 13.1. The first-order valence-electron chi connectivity index (χ1n) is 12.3. The van der Waals surface area contributed by atoms with E-state index in [4.69, 9.17) is 18.9 Å². The molecular formula is C26H41Br2NO4. The molecule has 1 unspecified atom stereocenters. The van der Waals surface area contributed by atoms with E-state index in [0.717, 1.165) is 90.8 Å². The highest BCUT2D eigenvalue weighted by Crippen LogP contribution is 2.61. The van der Waals surface area contributed by atoms with Crippen molar-refractivity contribution >= 4 is 15.9 Å². The predicted molar refractivity (Wildman–Crippen MR) is 130 cm³/mol. The summed E-state index contributed by atoms with van der Waals surface area (Å²) >= 11 is 3.75. The summed E-state index contributed by atoms with van der Waals surface area (Å²) in [5.74, 6) is 4.30. The second kappa shape index (κ2) is 11.6. The highest BCUT2D eigenvalue weighted by molar-refractivity contribution is 9.10. The first-order chi connectivity index (χ1) is 15.4. The van der Waals surface area contributed by atoms with Crippen molar-refractivity contribution in [3.63, 3.8) is 0 Å². The Hall–Kier alpha value is -0.340. The van der Waals surface area contributed by atoms with Crippen molar-refractivity contribution in [1.82, 2.24) is 0 Å². The zero-order valence-corrected chi connectivity index (χ0v) is 23.9. The molecule has 1 aliphatic heterocycles. The maximum absolute atomic E-state index is 6.23. The molecule has 1 saturated heterocycles. The number of nitrogens with zero attached hydrogens (tertiary/aromatic N) is 1. The summed E-state index contributed by atoms with van der Waals surface area (Å²) < 4.78 is 25.0. The van der Waals surface area contributed by atoms with Crippen molar-refractivity contribution < 1.29 is 40.4 Å². The van der Waals surface area contributed by atoms with E-state index in [9.17, 15) is 0 Å². The molecule has 3 aliphatic carbocycles. The smallest absolute Gasteiger partial charge is 0.161 e. The van der Waals surface area contributed by atoms with E-state index in [1.807, 2.05) is 6.07 Å². The van der Waals surface area contributed by atoms with E-state index in [1.54, 1.807) is 14.2 Å². The molecule has 1 aromatic rings. The number of halogens is 2. The van der Waals surface area contributed by atoms with Crippen molar-refractivity contribution in [2.75, 3.05) is 60.3 Å². The van der Waals surface area contributed by atoms with Gasteiger partial charge in [-0.2, -0.15) is 0 Å². The third-order valence-electron chi connectivity index (χ3n) is 8.82. The van der Waals surface area contributed by atoms with E-state index in [-0.39, 0.29) is 17.0 Å². The second-order valence-electron chi connectivity index (χ2n) is 10.7. The normalized spacial score (nSPS) is 27.2. The van der Waals surface area contributed by atoms with Crippen molar-refractivity contribution in [3.8, 4) is 11.5 Å². The molecule has 188 valence electrons. The van der Waals surface area contributed by atoms with Gasteiger partial charge < -0.3 is 40.4 Å². The fourth-order valence-electron chi connectivity index (χ4n) is 6.47. The third-order valence-corrected chi connectivity index (χ3v) is 9.56. The summed E-state index contributed by atoms with van der Waals surface area (Å²) in [6.45, 7) is 12.3. The number of methoxy groups -OCH3 is 2. The standard InChI is InChI=1S/C26H41BrNO4.BrH/c1-26(2)21-6-5-19(22(26)16-21)7-11-31-12-8-28(9-13-32-14-10-28)18-20-15-24(29-3)25(30-4)17-23(20)27;/h15,17,19,21-22H,5-14,16,18H2,1-4H3;1H/q+1;/p-1/t19?,21-,22+;/m0./s1. The molecule has 1 heterocycles. The summed E-state index contributed by atoms with van der Waals surface area (Å²) in [5, 5.41) is 0. The van der Waals surface area contributed by atoms with Crippen molar-refractivity contribution in [2.24, 2.45) is 23.2 Å². The second-order valence-corrected chi connectivity index (χ2v) is 11.5. The van der Waals surface area contributed by atoms with E-state index >= 15 is 0 Å². The molecule has 3 saturated carbocycles. The molecule has 0 spiro atoms. The first kappa shape index (κ1) is 27.3. The van der Waals surface area contributed by atoms with Gasteiger partial charge in [-0.3, -0.25) is 0 Å². The number of rotatable bonds is 10. The van der Waals surface area contributed by atoms with Gasteiger partial charge in [0.05, 0.1) is 34.0 Å². The van der Waals surface area contributed by atoms with Crippen molar-refractivity contribution in [2.45, 2.75) is 46.1 Å². The van der Waals surface area contributed by atoms with Gasteiger partial charge in [-0.15, -0.1) is 0 Å². The molecule has 5 nitrogen and oxygen atoms in total. The van der Waals surface area contributed by atoms with Gasteiger partial charge >= 0.3 is 0 Å². The Balaban J connectivity index is 0.00000306. The summed E-state index contributed by atoms with van der Waals surface area (Å²) in [6, 6.07) is 4.12. The zero-order valence-electron chi connectivity index (χ0n) is 20.7. The Morgan fingerprint density at radius 2 is 1.76 bits per heavy atom. The van der Waals surface area contributed by atoms with Crippen LogP contribution in [0.5, 0.6) is 11.5 Å². The van der Waals surface area contributed by atoms with E-state index < -0.39 is 0 Å². The van der Waals surface area contributed by atoms with Crippen LogP contribution >= 0.6 is 15.9 Å². The van der Waals surface area contributed by atoms with Crippen LogP contribution in [0.1, 0.15) is 45.1 Å². The summed E-state index contributed by atoms with van der Waals surface area (Å²) in [6.07, 6.45) is 5.52. The third kappa shape index (κ3) is 5.91. The van der Waals surface area contributed by atoms with E-state index in [1.165, 1.54) is 31.2 Å². The van der Waals surface area contributed by atoms with Crippen LogP contribution < -0.4 is 26.5 Å². The number of hydrogen-bond donors (Lipinski definition) is 0. The molecule has 0 radical (unpaired) electrons. The van der Waals surface area contributed by atoms with Crippen molar-refractivity contribution in [3.05, 3.63) is 22.2 Å². The fraction of sp³-hybridized carbons (Fsp3) is 0.769. The van der Waals surface area contributed by atoms with Crippen LogP contribution in [-0.4, -0.2) is 64.8 Å². The number of quaternary nitrogens is 1. The van der Waals surface area contributed by atoms with Crippen LogP contribution in [0.15, 0.2) is 16.6 Å². The molecule has 2 bridgehead atoms. The molecule has 5 rings (SSSR count). The van der Waals surface area contributed by atoms with Gasteiger partial charge in [-0.1, -0.05) is 29.8 Å². The largest absolute Gasteiger partial charge is 1.00 e. The lowest BCUT2D eigenvalue weighted by atomic mass is 9.45. The maximum atomic E-state index is 6.23. The Kier molecular flexibility index (Phi) is 9.58. The Bertz CT molecular complexity index is 780. The van der Waals surface area contributed by atoms with Crippen LogP contribution in [0.3, 0.4) is 0 Å². The van der Waals surface area contributed by atoms with Crippen LogP contribution in [0.2, 0.25) is 0 Å². The lowest BCUT2D eigenvalue weighted by Gasteiger charge is -2.60. The highest BCUT2D eigenvalue weighted by atomic mass is 79.9. The van der Waals surface area contributed by atoms with Gasteiger partial charge in [-0.25, -0.2) is 0 Å². The van der Waals surface area contributed by atoms with Gasteiger partial charge in [0.25, 0.3) is 0 Å². The lowest BCUT2D eigenvalue weighted by molar-refractivity contribution is -0.947. The number of benzene rings is 1. The Labute approximate surface area is 219 Å². The Morgan fingerprint density at radius 3 is 2.39 bits per heavy atom. The van der Waals surface area contributed by atoms with Crippen LogP contribution in [0.25, 0.3) is 0 Å². The molecule has 3 atom stereocenters. The van der Waals surface area contributed by atoms with Gasteiger partial charge in [0.2, 0.25) is 0 Å². The topological polar surface area (TPSA) is 36.9 Å².